The molecule has 0 radical (unpaired) electrons. The minimum Gasteiger partial charge on any atom is -0.298 e. The normalized spacial score (nSPS) is 10.9. The van der Waals surface area contributed by atoms with E-state index in [9.17, 15) is 9.18 Å². The number of hydrogen-bond acceptors (Lipinski definition) is 4. The molecule has 0 saturated heterocycles. The largest absolute Gasteiger partial charge is 0.298 e. The predicted molar refractivity (Wildman–Crippen MR) is 78.4 cm³/mol. The first kappa shape index (κ1) is 14.8. The number of Topliss-reactive ketones (excluding diaryl/α,β-unsaturated/α-hetero) is 1. The third kappa shape index (κ3) is 4.21. The Morgan fingerprint density at radius 2 is 2.25 bits per heavy atom. The van der Waals surface area contributed by atoms with E-state index in [0.717, 1.165) is 19.3 Å². The summed E-state index contributed by atoms with van der Waals surface area (Å²) in [6.07, 6.45) is 1.48. The zero-order valence-corrected chi connectivity index (χ0v) is 12.2. The number of thiophene rings is 1. The molecular weight excluding hydrogens is 275 g/mol. The van der Waals surface area contributed by atoms with Crippen LogP contribution in [-0.4, -0.2) is 28.8 Å². The van der Waals surface area contributed by atoms with Crippen molar-refractivity contribution in [3.05, 3.63) is 52.2 Å². The second kappa shape index (κ2) is 7.26. The van der Waals surface area contributed by atoms with Gasteiger partial charge in [-0.15, -0.1) is 11.3 Å². The maximum Gasteiger partial charge on any atom is 0.182 e. The average molecular weight is 292 g/mol. The monoisotopic (exact) mass is 292 g/mol. The van der Waals surface area contributed by atoms with Crippen molar-refractivity contribution in [2.24, 2.45) is 0 Å². The topological polar surface area (TPSA) is 33.2 Å². The highest BCUT2D eigenvalue weighted by Crippen LogP contribution is 2.12. The lowest BCUT2D eigenvalue weighted by molar-refractivity contribution is 0.0959. The molecule has 0 aliphatic heterocycles. The highest BCUT2D eigenvalue weighted by molar-refractivity contribution is 7.09. The van der Waals surface area contributed by atoms with Crippen molar-refractivity contribution in [2.45, 2.75) is 19.9 Å². The molecule has 2 rings (SSSR count). The molecule has 2 heterocycles. The van der Waals surface area contributed by atoms with Gasteiger partial charge in [0.15, 0.2) is 5.78 Å². The third-order valence-electron chi connectivity index (χ3n) is 3.07. The Kier molecular flexibility index (Phi) is 5.38. The van der Waals surface area contributed by atoms with Crippen molar-refractivity contribution in [3.63, 3.8) is 0 Å². The van der Waals surface area contributed by atoms with Crippen LogP contribution in [0.15, 0.2) is 35.8 Å². The highest BCUT2D eigenvalue weighted by atomic mass is 32.1. The number of nitrogens with zero attached hydrogens (tertiary/aromatic N) is 2. The molecule has 5 heteroatoms. The summed E-state index contributed by atoms with van der Waals surface area (Å²) in [5.74, 6) is -0.468. The number of rotatable bonds is 7. The van der Waals surface area contributed by atoms with Gasteiger partial charge in [-0.3, -0.25) is 14.7 Å². The Hall–Kier alpha value is -1.59. The fraction of sp³-hybridized carbons (Fsp3) is 0.333. The number of halogens is 1. The van der Waals surface area contributed by atoms with Crippen LogP contribution >= 0.6 is 11.3 Å². The van der Waals surface area contributed by atoms with E-state index in [1.165, 1.54) is 17.0 Å². The Balaban J connectivity index is 1.86. The Morgan fingerprint density at radius 1 is 1.40 bits per heavy atom. The summed E-state index contributed by atoms with van der Waals surface area (Å²) in [5.41, 5.74) is 0.332. The van der Waals surface area contributed by atoms with E-state index in [0.29, 0.717) is 18.7 Å². The second-order valence-electron chi connectivity index (χ2n) is 4.48. The standard InChI is InChI=1S/C15H17FN2OS/c1-2-18(11-13-4-3-9-20-13)8-7-15(19)14-6-5-12(16)10-17-14/h3-6,9-10H,2,7-8,11H2,1H3. The van der Waals surface area contributed by atoms with Gasteiger partial charge in [0, 0.05) is 24.4 Å². The Bertz CT molecular complexity index is 540. The minimum atomic E-state index is -0.422. The first-order valence-electron chi connectivity index (χ1n) is 6.58. The summed E-state index contributed by atoms with van der Waals surface area (Å²) in [4.78, 5) is 19.3. The zero-order chi connectivity index (χ0) is 14.4. The van der Waals surface area contributed by atoms with E-state index in [1.54, 1.807) is 11.3 Å². The molecule has 0 fully saturated rings. The summed E-state index contributed by atoms with van der Waals surface area (Å²) in [6.45, 7) is 4.51. The maximum absolute atomic E-state index is 12.7. The van der Waals surface area contributed by atoms with E-state index in [4.69, 9.17) is 0 Å². The van der Waals surface area contributed by atoms with Gasteiger partial charge in [-0.25, -0.2) is 4.39 Å². The fourth-order valence-electron chi connectivity index (χ4n) is 1.90. The van der Waals surface area contributed by atoms with E-state index in [1.807, 2.05) is 6.07 Å². The van der Waals surface area contributed by atoms with Crippen molar-refractivity contribution in [1.82, 2.24) is 9.88 Å². The van der Waals surface area contributed by atoms with Crippen LogP contribution in [0, 0.1) is 5.82 Å². The Labute approximate surface area is 122 Å². The van der Waals surface area contributed by atoms with Crippen LogP contribution in [0.5, 0.6) is 0 Å². The third-order valence-corrected chi connectivity index (χ3v) is 3.94. The van der Waals surface area contributed by atoms with Crippen LogP contribution in [0.2, 0.25) is 0 Å². The molecule has 0 saturated carbocycles. The van der Waals surface area contributed by atoms with Gasteiger partial charge in [-0.2, -0.15) is 0 Å². The van der Waals surface area contributed by atoms with Gasteiger partial charge in [0.05, 0.1) is 6.20 Å². The van der Waals surface area contributed by atoms with Crippen LogP contribution in [0.3, 0.4) is 0 Å². The van der Waals surface area contributed by atoms with Gasteiger partial charge in [0.2, 0.25) is 0 Å². The summed E-state index contributed by atoms with van der Waals surface area (Å²) in [6, 6.07) is 6.83. The quantitative estimate of drug-likeness (QED) is 0.734. The number of ketones is 1. The summed E-state index contributed by atoms with van der Waals surface area (Å²) in [7, 11) is 0. The lowest BCUT2D eigenvalue weighted by Gasteiger charge is -2.18. The molecule has 20 heavy (non-hydrogen) atoms. The number of carbonyl (C=O) groups is 1. The van der Waals surface area contributed by atoms with E-state index >= 15 is 0 Å². The van der Waals surface area contributed by atoms with Gasteiger partial charge in [-0.05, 0) is 30.1 Å². The lowest BCUT2D eigenvalue weighted by atomic mass is 10.2. The molecule has 0 aromatic carbocycles. The molecule has 0 amide bonds. The molecular formula is C15H17FN2OS. The van der Waals surface area contributed by atoms with Crippen LogP contribution in [0.4, 0.5) is 4.39 Å². The molecule has 0 unspecified atom stereocenters. The van der Waals surface area contributed by atoms with Gasteiger partial charge in [0.25, 0.3) is 0 Å². The molecule has 0 aliphatic carbocycles. The molecule has 0 atom stereocenters. The maximum atomic E-state index is 12.7. The summed E-state index contributed by atoms with van der Waals surface area (Å²) in [5, 5.41) is 2.05. The first-order chi connectivity index (χ1) is 9.69. The average Bonchev–Trinajstić information content (AvgIpc) is 2.96. The van der Waals surface area contributed by atoms with Gasteiger partial charge in [0.1, 0.15) is 11.5 Å². The smallest absolute Gasteiger partial charge is 0.182 e. The van der Waals surface area contributed by atoms with Crippen LogP contribution in [0.25, 0.3) is 0 Å². The van der Waals surface area contributed by atoms with Gasteiger partial charge >= 0.3 is 0 Å². The first-order valence-corrected chi connectivity index (χ1v) is 7.46. The Morgan fingerprint density at radius 3 is 2.85 bits per heavy atom. The van der Waals surface area contributed by atoms with Crippen molar-refractivity contribution in [3.8, 4) is 0 Å². The predicted octanol–water partition coefficient (Wildman–Crippen LogP) is 3.38. The molecule has 0 aliphatic rings. The van der Waals surface area contributed by atoms with Crippen molar-refractivity contribution >= 4 is 17.1 Å². The van der Waals surface area contributed by atoms with E-state index < -0.39 is 5.82 Å². The van der Waals surface area contributed by atoms with Crippen LogP contribution in [-0.2, 0) is 6.54 Å². The number of pyridine rings is 1. The number of hydrogen-bond donors (Lipinski definition) is 0. The fourth-order valence-corrected chi connectivity index (χ4v) is 2.65. The highest BCUT2D eigenvalue weighted by Gasteiger charge is 2.11. The SMILES string of the molecule is CCN(CCC(=O)c1ccc(F)cn1)Cc1cccs1. The van der Waals surface area contributed by atoms with E-state index in [-0.39, 0.29) is 5.78 Å². The van der Waals surface area contributed by atoms with Gasteiger partial charge < -0.3 is 0 Å². The van der Waals surface area contributed by atoms with Crippen molar-refractivity contribution in [2.75, 3.05) is 13.1 Å². The summed E-state index contributed by atoms with van der Waals surface area (Å²) < 4.78 is 12.7. The molecule has 3 nitrogen and oxygen atoms in total. The number of aromatic nitrogens is 1. The van der Waals surface area contributed by atoms with Crippen LogP contribution < -0.4 is 0 Å². The van der Waals surface area contributed by atoms with E-state index in [2.05, 4.69) is 28.3 Å². The molecule has 0 N–H and O–H groups in total. The van der Waals surface area contributed by atoms with Gasteiger partial charge in [-0.1, -0.05) is 13.0 Å². The second-order valence-corrected chi connectivity index (χ2v) is 5.52. The minimum absolute atomic E-state index is 0.0466. The van der Waals surface area contributed by atoms with Crippen molar-refractivity contribution in [1.29, 1.82) is 0 Å². The van der Waals surface area contributed by atoms with Crippen LogP contribution in [0.1, 0.15) is 28.7 Å². The number of carbonyl (C=O) groups excluding carboxylic acids is 1. The molecule has 106 valence electrons. The molecule has 0 spiro atoms. The molecule has 2 aromatic rings. The molecule has 2 aromatic heterocycles. The molecule has 0 bridgehead atoms. The van der Waals surface area contributed by atoms with Crippen molar-refractivity contribution < 1.29 is 9.18 Å². The zero-order valence-electron chi connectivity index (χ0n) is 11.4. The summed E-state index contributed by atoms with van der Waals surface area (Å²) >= 11 is 1.72. The lowest BCUT2D eigenvalue weighted by Crippen LogP contribution is -2.25.